The lowest BCUT2D eigenvalue weighted by Crippen LogP contribution is -2.65. The molecular formula is C29H48N4O6Si2. The van der Waals surface area contributed by atoms with E-state index in [1.165, 1.54) is 10.6 Å². The zero-order chi connectivity index (χ0) is 31.2. The molecule has 2 aromatic rings. The number of anilines is 1. The number of nitrogens with zero attached hydrogens (tertiary/aromatic N) is 3. The maximum absolute atomic E-state index is 13.3. The van der Waals surface area contributed by atoms with Crippen molar-refractivity contribution in [2.24, 2.45) is 0 Å². The van der Waals surface area contributed by atoms with Gasteiger partial charge in [-0.05, 0) is 36.2 Å². The number of nitro groups is 1. The number of hydrogen-bond acceptors (Lipinski definition) is 8. The van der Waals surface area contributed by atoms with Crippen LogP contribution in [-0.2, 0) is 9.16 Å². The minimum Gasteiger partial charge on any atom is -0.414 e. The van der Waals surface area contributed by atoms with E-state index < -0.39 is 50.6 Å². The van der Waals surface area contributed by atoms with E-state index in [4.69, 9.17) is 9.16 Å². The number of benzene rings is 1. The molecule has 1 unspecified atom stereocenters. The molecule has 1 aliphatic heterocycles. The van der Waals surface area contributed by atoms with Crippen LogP contribution in [0, 0.1) is 10.1 Å². The highest BCUT2D eigenvalue weighted by Gasteiger charge is 2.62. The van der Waals surface area contributed by atoms with Crippen LogP contribution in [0.2, 0.25) is 36.3 Å². The number of hydrogen-bond donors (Lipinski definition) is 2. The van der Waals surface area contributed by atoms with Gasteiger partial charge < -0.3 is 19.6 Å². The summed E-state index contributed by atoms with van der Waals surface area (Å²) in [5.74, 6) is 0.298. The lowest BCUT2D eigenvalue weighted by Gasteiger charge is -2.49. The average molecular weight is 605 g/mol. The largest absolute Gasteiger partial charge is 0.414 e. The van der Waals surface area contributed by atoms with E-state index in [2.05, 4.69) is 78.0 Å². The Balaban J connectivity index is 1.90. The summed E-state index contributed by atoms with van der Waals surface area (Å²) in [6, 6.07) is 7.68. The SMILES string of the molecule is CC(Nc1ccn([C@H]2C[C@@](O)([Si](C)(C)C(C)(C)C)[C@@H](CO[Si](C)(C)C(C)(C)C)O2)c(=O)n1)c1ccccc1[N+](=O)[O-]. The van der Waals surface area contributed by atoms with Crippen molar-refractivity contribution >= 4 is 27.9 Å². The van der Waals surface area contributed by atoms with Gasteiger partial charge >= 0.3 is 5.69 Å². The predicted molar refractivity (Wildman–Crippen MR) is 167 cm³/mol. The monoisotopic (exact) mass is 604 g/mol. The number of aromatic nitrogens is 2. The van der Waals surface area contributed by atoms with Crippen LogP contribution in [0.15, 0.2) is 41.3 Å². The topological polar surface area (TPSA) is 129 Å². The second kappa shape index (κ2) is 11.4. The van der Waals surface area contributed by atoms with E-state index in [0.29, 0.717) is 11.4 Å². The van der Waals surface area contributed by atoms with Gasteiger partial charge in [0.1, 0.15) is 18.1 Å². The molecule has 10 nitrogen and oxygen atoms in total. The number of nitrogens with one attached hydrogen (secondary N) is 1. The first-order valence-corrected chi connectivity index (χ1v) is 20.1. The summed E-state index contributed by atoms with van der Waals surface area (Å²) >= 11 is 0. The third-order valence-corrected chi connectivity index (χ3v) is 20.7. The first kappa shape index (κ1) is 33.1. The Bertz CT molecular complexity index is 1320. The van der Waals surface area contributed by atoms with E-state index >= 15 is 0 Å². The van der Waals surface area contributed by atoms with Gasteiger partial charge in [-0.15, -0.1) is 0 Å². The van der Waals surface area contributed by atoms with E-state index in [0.717, 1.165) is 0 Å². The zero-order valence-electron chi connectivity index (χ0n) is 26.4. The van der Waals surface area contributed by atoms with Gasteiger partial charge in [0.15, 0.2) is 8.32 Å². The van der Waals surface area contributed by atoms with Crippen LogP contribution in [-0.4, -0.2) is 53.9 Å². The van der Waals surface area contributed by atoms with Crippen molar-refractivity contribution < 1.29 is 19.2 Å². The highest BCUT2D eigenvalue weighted by molar-refractivity contribution is 6.83. The van der Waals surface area contributed by atoms with Crippen LogP contribution in [0.1, 0.15) is 72.7 Å². The third kappa shape index (κ3) is 6.51. The van der Waals surface area contributed by atoms with Crippen molar-refractivity contribution in [3.8, 4) is 0 Å². The number of aliphatic hydroxyl groups is 1. The molecular weight excluding hydrogens is 557 g/mol. The average Bonchev–Trinajstić information content (AvgIpc) is 3.19. The molecule has 0 aliphatic carbocycles. The van der Waals surface area contributed by atoms with Gasteiger partial charge in [0.2, 0.25) is 0 Å². The third-order valence-electron chi connectivity index (χ3n) is 9.80. The maximum Gasteiger partial charge on any atom is 0.351 e. The quantitative estimate of drug-likeness (QED) is 0.191. The molecule has 3 rings (SSSR count). The van der Waals surface area contributed by atoms with E-state index in [1.807, 2.05) is 0 Å². The Morgan fingerprint density at radius 1 is 1.17 bits per heavy atom. The summed E-state index contributed by atoms with van der Waals surface area (Å²) in [6.07, 6.45) is 0.572. The van der Waals surface area contributed by atoms with Crippen molar-refractivity contribution in [2.45, 2.75) is 115 Å². The van der Waals surface area contributed by atoms with E-state index in [9.17, 15) is 20.0 Å². The van der Waals surface area contributed by atoms with Gasteiger partial charge in [0.25, 0.3) is 5.69 Å². The van der Waals surface area contributed by atoms with Crippen LogP contribution in [0.3, 0.4) is 0 Å². The molecule has 0 saturated carbocycles. The van der Waals surface area contributed by atoms with Gasteiger partial charge in [-0.1, -0.05) is 72.8 Å². The molecule has 0 spiro atoms. The highest BCUT2D eigenvalue weighted by atomic mass is 28.4. The fraction of sp³-hybridized carbons (Fsp3) is 0.655. The normalized spacial score (nSPS) is 22.9. The highest BCUT2D eigenvalue weighted by Crippen LogP contribution is 2.51. The first-order chi connectivity index (χ1) is 18.6. The minimum atomic E-state index is -2.42. The number of rotatable bonds is 9. The van der Waals surface area contributed by atoms with Crippen molar-refractivity contribution in [2.75, 3.05) is 11.9 Å². The molecule has 4 atom stereocenters. The van der Waals surface area contributed by atoms with Gasteiger partial charge in [-0.3, -0.25) is 14.7 Å². The first-order valence-electron chi connectivity index (χ1n) is 14.2. The molecule has 1 fully saturated rings. The second-order valence-corrected chi connectivity index (χ2v) is 24.8. The number of para-hydroxylation sites is 1. The molecule has 0 amide bonds. The fourth-order valence-corrected chi connectivity index (χ4v) is 8.87. The molecule has 2 heterocycles. The zero-order valence-corrected chi connectivity index (χ0v) is 28.4. The molecule has 0 bridgehead atoms. The summed E-state index contributed by atoms with van der Waals surface area (Å²) in [7, 11) is -4.54. The van der Waals surface area contributed by atoms with Gasteiger partial charge in [0.05, 0.1) is 36.4 Å². The van der Waals surface area contributed by atoms with E-state index in [-0.39, 0.29) is 28.8 Å². The summed E-state index contributed by atoms with van der Waals surface area (Å²) in [5, 5.41) is 25.7. The standard InChI is InChI=1S/C29H48N4O6Si2/c1-20(21-14-12-13-15-22(21)33(36)37)30-24-16-17-32(26(34)31-24)25-18-29(35,40(8,9)27(2,3)4)23(39-25)19-38-41(10,11)28(5,6)7/h12-17,20,23,25,35H,18-19H2,1-11H3,(H,30,31,34)/t20?,23-,25-,29-/m1/s1. The van der Waals surface area contributed by atoms with Crippen LogP contribution < -0.4 is 11.0 Å². The molecule has 1 aromatic heterocycles. The fourth-order valence-electron chi connectivity index (χ4n) is 4.93. The Morgan fingerprint density at radius 2 is 1.78 bits per heavy atom. The number of ether oxygens (including phenoxy) is 1. The van der Waals surface area contributed by atoms with Crippen molar-refractivity contribution in [1.82, 2.24) is 9.55 Å². The number of nitro benzene ring substituents is 1. The Kier molecular flexibility index (Phi) is 9.18. The minimum absolute atomic E-state index is 0.00109. The van der Waals surface area contributed by atoms with Crippen LogP contribution in [0.5, 0.6) is 0 Å². The Hall–Kier alpha value is -2.39. The molecule has 2 N–H and O–H groups in total. The maximum atomic E-state index is 13.3. The van der Waals surface area contributed by atoms with Crippen molar-refractivity contribution in [1.29, 1.82) is 0 Å². The lowest BCUT2D eigenvalue weighted by molar-refractivity contribution is -0.385. The summed E-state index contributed by atoms with van der Waals surface area (Å²) < 4.78 is 14.4. The molecule has 228 valence electrons. The van der Waals surface area contributed by atoms with Crippen LogP contribution >= 0.6 is 0 Å². The Morgan fingerprint density at radius 3 is 2.32 bits per heavy atom. The Labute approximate surface area is 245 Å². The summed E-state index contributed by atoms with van der Waals surface area (Å²) in [5.41, 5.74) is -0.0407. The molecule has 1 aliphatic rings. The molecule has 41 heavy (non-hydrogen) atoms. The van der Waals surface area contributed by atoms with Gasteiger partial charge in [-0.25, -0.2) is 4.79 Å². The molecule has 1 aromatic carbocycles. The molecule has 1 saturated heterocycles. The van der Waals surface area contributed by atoms with Crippen LogP contribution in [0.25, 0.3) is 0 Å². The molecule has 0 radical (unpaired) electrons. The second-order valence-electron chi connectivity index (χ2n) is 14.3. The van der Waals surface area contributed by atoms with E-state index in [1.54, 1.807) is 37.4 Å². The van der Waals surface area contributed by atoms with Crippen LogP contribution in [0.4, 0.5) is 11.5 Å². The summed E-state index contributed by atoms with van der Waals surface area (Å²) in [6.45, 7) is 23.7. The predicted octanol–water partition coefficient (Wildman–Crippen LogP) is 6.41. The smallest absolute Gasteiger partial charge is 0.351 e. The van der Waals surface area contributed by atoms with Gasteiger partial charge in [-0.2, -0.15) is 4.98 Å². The summed E-state index contributed by atoms with van der Waals surface area (Å²) in [4.78, 5) is 28.5. The van der Waals surface area contributed by atoms with Gasteiger partial charge in [0, 0.05) is 18.7 Å². The van der Waals surface area contributed by atoms with Crippen molar-refractivity contribution in [3.05, 3.63) is 62.7 Å². The van der Waals surface area contributed by atoms with Crippen molar-refractivity contribution in [3.63, 3.8) is 0 Å². The lowest BCUT2D eigenvalue weighted by atomic mass is 10.1. The molecule has 12 heteroatoms.